The molecule has 8 nitrogen and oxygen atoms in total. The average Bonchev–Trinajstić information content (AvgIpc) is 3.38. The number of benzene rings is 3. The molecular weight excluding hydrogens is 495 g/mol. The highest BCUT2D eigenvalue weighted by atomic mass is 35.5. The smallest absolute Gasteiger partial charge is 0.173 e. The second kappa shape index (κ2) is 12.0. The lowest BCUT2D eigenvalue weighted by Gasteiger charge is -2.40. The summed E-state index contributed by atoms with van der Waals surface area (Å²) in [6, 6.07) is 22.4. The van der Waals surface area contributed by atoms with E-state index >= 15 is 0 Å². The Morgan fingerprint density at radius 3 is 2.30 bits per heavy atom. The van der Waals surface area contributed by atoms with Gasteiger partial charge >= 0.3 is 0 Å². The van der Waals surface area contributed by atoms with Gasteiger partial charge in [0.05, 0.1) is 20.8 Å². The van der Waals surface area contributed by atoms with E-state index in [1.165, 1.54) is 17.8 Å². The van der Waals surface area contributed by atoms with Crippen LogP contribution in [0.5, 0.6) is 11.5 Å². The lowest BCUT2D eigenvalue weighted by Crippen LogP contribution is -2.48. The van der Waals surface area contributed by atoms with Crippen LogP contribution in [0.1, 0.15) is 23.0 Å². The summed E-state index contributed by atoms with van der Waals surface area (Å²) in [7, 11) is 3.31. The molecule has 0 spiro atoms. The minimum absolute atomic E-state index is 0. The van der Waals surface area contributed by atoms with E-state index in [1.54, 1.807) is 31.0 Å². The number of ether oxygens (including phenoxy) is 2. The zero-order valence-electron chi connectivity index (χ0n) is 20.8. The second-order valence-corrected chi connectivity index (χ2v) is 8.69. The second-order valence-electron chi connectivity index (χ2n) is 8.69. The molecule has 0 amide bonds. The third-order valence-electron chi connectivity index (χ3n) is 6.58. The third kappa shape index (κ3) is 5.84. The van der Waals surface area contributed by atoms with Crippen LogP contribution < -0.4 is 14.4 Å². The van der Waals surface area contributed by atoms with E-state index in [-0.39, 0.29) is 24.3 Å². The summed E-state index contributed by atoms with van der Waals surface area (Å²) < 4.78 is 26.6. The standard InChI is InChI=1S/C27H29FN6O2.ClH/c1-35-23-12-13-25(36-2)24(18-23)26(33-16-14-32(15-17-33)22-6-4-3-5-7-22)27-29-30-31-34(27)19-20-8-10-21(28)11-9-20;/h3-13,18,26H,14-17,19H2,1-2H3;1H. The Balaban J connectivity index is 0.00000320. The van der Waals surface area contributed by atoms with Crippen LogP contribution in [0.25, 0.3) is 0 Å². The minimum atomic E-state index is -0.272. The highest BCUT2D eigenvalue weighted by Gasteiger charge is 2.33. The number of hydrogen-bond donors (Lipinski definition) is 0. The first-order valence-electron chi connectivity index (χ1n) is 11.9. The first-order chi connectivity index (χ1) is 17.7. The van der Waals surface area contributed by atoms with Gasteiger partial charge in [-0.1, -0.05) is 30.3 Å². The Morgan fingerprint density at radius 1 is 0.892 bits per heavy atom. The number of tetrazole rings is 1. The van der Waals surface area contributed by atoms with E-state index in [2.05, 4.69) is 49.6 Å². The Morgan fingerprint density at radius 2 is 1.62 bits per heavy atom. The monoisotopic (exact) mass is 524 g/mol. The maximum absolute atomic E-state index is 13.5. The van der Waals surface area contributed by atoms with Crippen molar-refractivity contribution in [1.29, 1.82) is 0 Å². The van der Waals surface area contributed by atoms with Crippen LogP contribution in [0.3, 0.4) is 0 Å². The highest BCUT2D eigenvalue weighted by Crippen LogP contribution is 2.37. The summed E-state index contributed by atoms with van der Waals surface area (Å²) >= 11 is 0. The number of nitrogens with zero attached hydrogens (tertiary/aromatic N) is 6. The van der Waals surface area contributed by atoms with Gasteiger partial charge in [0.2, 0.25) is 0 Å². The molecule has 1 aliphatic heterocycles. The van der Waals surface area contributed by atoms with E-state index < -0.39 is 0 Å². The van der Waals surface area contributed by atoms with Gasteiger partial charge in [0.15, 0.2) is 5.82 Å². The fourth-order valence-electron chi connectivity index (χ4n) is 4.71. The molecular formula is C27H30ClFN6O2. The van der Waals surface area contributed by atoms with Gasteiger partial charge in [-0.15, -0.1) is 17.5 Å². The van der Waals surface area contributed by atoms with Crippen molar-refractivity contribution in [3.63, 3.8) is 0 Å². The molecule has 0 bridgehead atoms. The van der Waals surface area contributed by atoms with Crippen molar-refractivity contribution in [3.05, 3.63) is 95.6 Å². The predicted molar refractivity (Wildman–Crippen MR) is 142 cm³/mol. The molecule has 1 aromatic heterocycles. The van der Waals surface area contributed by atoms with E-state index in [0.29, 0.717) is 12.4 Å². The zero-order valence-corrected chi connectivity index (χ0v) is 21.6. The Bertz CT molecular complexity index is 1280. The summed E-state index contributed by atoms with van der Waals surface area (Å²) in [4.78, 5) is 4.77. The predicted octanol–water partition coefficient (Wildman–Crippen LogP) is 4.21. The van der Waals surface area contributed by atoms with E-state index in [1.807, 2.05) is 24.3 Å². The third-order valence-corrected chi connectivity index (χ3v) is 6.58. The normalized spacial score (nSPS) is 14.6. The van der Waals surface area contributed by atoms with Crippen molar-refractivity contribution in [3.8, 4) is 11.5 Å². The molecule has 3 aromatic carbocycles. The number of anilines is 1. The molecule has 0 radical (unpaired) electrons. The van der Waals surface area contributed by atoms with E-state index in [4.69, 9.17) is 9.47 Å². The van der Waals surface area contributed by atoms with Gasteiger partial charge in [-0.25, -0.2) is 9.07 Å². The summed E-state index contributed by atoms with van der Waals surface area (Å²) in [6.07, 6.45) is 0. The molecule has 0 saturated carbocycles. The van der Waals surface area contributed by atoms with Gasteiger partial charge in [-0.3, -0.25) is 4.90 Å². The zero-order chi connectivity index (χ0) is 24.9. The van der Waals surface area contributed by atoms with Crippen LogP contribution in [0.15, 0.2) is 72.8 Å². The maximum atomic E-state index is 13.5. The largest absolute Gasteiger partial charge is 0.497 e. The number of para-hydroxylation sites is 1. The van der Waals surface area contributed by atoms with Crippen molar-refractivity contribution in [2.24, 2.45) is 0 Å². The molecule has 2 heterocycles. The van der Waals surface area contributed by atoms with E-state index in [9.17, 15) is 4.39 Å². The molecule has 5 rings (SSSR count). The van der Waals surface area contributed by atoms with Gasteiger partial charge in [0.1, 0.15) is 23.4 Å². The lowest BCUT2D eigenvalue weighted by molar-refractivity contribution is 0.197. The van der Waals surface area contributed by atoms with Gasteiger partial charge in [-0.2, -0.15) is 0 Å². The van der Waals surface area contributed by atoms with Crippen LogP contribution in [0.2, 0.25) is 0 Å². The maximum Gasteiger partial charge on any atom is 0.173 e. The lowest BCUT2D eigenvalue weighted by atomic mass is 10.0. The first-order valence-corrected chi connectivity index (χ1v) is 11.9. The van der Waals surface area contributed by atoms with Gasteiger partial charge in [0.25, 0.3) is 0 Å². The van der Waals surface area contributed by atoms with Crippen LogP contribution in [-0.4, -0.2) is 65.5 Å². The van der Waals surface area contributed by atoms with Crippen molar-refractivity contribution in [2.75, 3.05) is 45.3 Å². The van der Waals surface area contributed by atoms with Crippen molar-refractivity contribution < 1.29 is 13.9 Å². The molecule has 1 aliphatic rings. The van der Waals surface area contributed by atoms with E-state index in [0.717, 1.165) is 48.8 Å². The average molecular weight is 525 g/mol. The fourth-order valence-corrected chi connectivity index (χ4v) is 4.71. The fraction of sp³-hybridized carbons (Fsp3) is 0.296. The molecule has 0 aliphatic carbocycles. The molecule has 1 unspecified atom stereocenters. The summed E-state index contributed by atoms with van der Waals surface area (Å²) in [5.74, 6) is 1.89. The molecule has 194 valence electrons. The first kappa shape index (κ1) is 26.4. The molecule has 4 aromatic rings. The van der Waals surface area contributed by atoms with Crippen molar-refractivity contribution >= 4 is 18.1 Å². The Hall–Kier alpha value is -3.69. The highest BCUT2D eigenvalue weighted by molar-refractivity contribution is 5.85. The van der Waals surface area contributed by atoms with Gasteiger partial charge in [0, 0.05) is 37.4 Å². The van der Waals surface area contributed by atoms with Crippen LogP contribution in [-0.2, 0) is 6.54 Å². The molecule has 1 fully saturated rings. The number of piperazine rings is 1. The van der Waals surface area contributed by atoms with Gasteiger partial charge < -0.3 is 14.4 Å². The van der Waals surface area contributed by atoms with Crippen LogP contribution >= 0.6 is 12.4 Å². The number of hydrogen-bond acceptors (Lipinski definition) is 7. The summed E-state index contributed by atoms with van der Waals surface area (Å²) in [6.45, 7) is 3.78. The molecule has 37 heavy (non-hydrogen) atoms. The van der Waals surface area contributed by atoms with Crippen LogP contribution in [0.4, 0.5) is 10.1 Å². The molecule has 1 saturated heterocycles. The minimum Gasteiger partial charge on any atom is -0.497 e. The van der Waals surface area contributed by atoms with Crippen LogP contribution in [0, 0.1) is 5.82 Å². The summed E-state index contributed by atoms with van der Waals surface area (Å²) in [5.41, 5.74) is 3.06. The summed E-state index contributed by atoms with van der Waals surface area (Å²) in [5, 5.41) is 12.8. The number of halogens is 2. The quantitative estimate of drug-likeness (QED) is 0.342. The number of rotatable bonds is 8. The van der Waals surface area contributed by atoms with Crippen molar-refractivity contribution in [2.45, 2.75) is 12.6 Å². The molecule has 1 atom stereocenters. The molecule has 0 N–H and O–H groups in total. The number of aromatic nitrogens is 4. The topological polar surface area (TPSA) is 68.5 Å². The van der Waals surface area contributed by atoms with Crippen molar-refractivity contribution in [1.82, 2.24) is 25.1 Å². The number of methoxy groups -OCH3 is 2. The Kier molecular flexibility index (Phi) is 8.58. The Labute approximate surface area is 222 Å². The SMILES string of the molecule is COc1ccc(OC)c(C(c2nnnn2Cc2ccc(F)cc2)N2CCN(c3ccccc3)CC2)c1.Cl. The molecule has 10 heteroatoms. The van der Waals surface area contributed by atoms with Gasteiger partial charge in [-0.05, 0) is 58.5 Å².